The average molecular weight is 351 g/mol. The Balaban J connectivity index is 1.80. The van der Waals surface area contributed by atoms with Crippen LogP contribution in [0.2, 0.25) is 0 Å². The van der Waals surface area contributed by atoms with Crippen LogP contribution in [0.1, 0.15) is 48.2 Å². The molecule has 1 heterocycles. The van der Waals surface area contributed by atoms with Gasteiger partial charge in [-0.3, -0.25) is 4.79 Å². The lowest BCUT2D eigenvalue weighted by atomic mass is 10.0. The molecule has 0 unspecified atom stereocenters. The molecule has 0 saturated carbocycles. The quantitative estimate of drug-likeness (QED) is 0.884. The van der Waals surface area contributed by atoms with Crippen molar-refractivity contribution in [2.24, 2.45) is 0 Å². The van der Waals surface area contributed by atoms with Crippen LogP contribution in [0, 0.1) is 0 Å². The summed E-state index contributed by atoms with van der Waals surface area (Å²) in [6.07, 6.45) is 0. The summed E-state index contributed by atoms with van der Waals surface area (Å²) < 4.78 is 0. The molecule has 0 fully saturated rings. The number of carbonyl (C=O) groups excluding carboxylic acids is 2. The van der Waals surface area contributed by atoms with Crippen molar-refractivity contribution in [2.75, 3.05) is 23.8 Å². The second-order valence-corrected chi connectivity index (χ2v) is 6.95. The summed E-state index contributed by atoms with van der Waals surface area (Å²) in [6, 6.07) is 13.5. The normalized spacial score (nSPS) is 13.1. The van der Waals surface area contributed by atoms with Crippen LogP contribution in [0.15, 0.2) is 42.5 Å². The minimum Gasteiger partial charge on any atom is -0.328 e. The van der Waals surface area contributed by atoms with Crippen molar-refractivity contribution in [3.8, 4) is 0 Å². The van der Waals surface area contributed by atoms with E-state index >= 15 is 0 Å². The monoisotopic (exact) mass is 351 g/mol. The van der Waals surface area contributed by atoms with Gasteiger partial charge < -0.3 is 15.1 Å². The second kappa shape index (κ2) is 7.20. The zero-order valence-electron chi connectivity index (χ0n) is 15.7. The van der Waals surface area contributed by atoms with Crippen LogP contribution in [0.3, 0.4) is 0 Å². The van der Waals surface area contributed by atoms with E-state index in [9.17, 15) is 9.59 Å². The highest BCUT2D eigenvalue weighted by molar-refractivity contribution is 6.10. The van der Waals surface area contributed by atoms with E-state index in [0.29, 0.717) is 30.3 Å². The van der Waals surface area contributed by atoms with Crippen molar-refractivity contribution in [3.05, 3.63) is 59.2 Å². The van der Waals surface area contributed by atoms with Crippen LogP contribution in [0.5, 0.6) is 0 Å². The molecule has 1 N–H and O–H groups in total. The fraction of sp³-hybridized carbons (Fsp3) is 0.333. The van der Waals surface area contributed by atoms with Gasteiger partial charge in [0.25, 0.3) is 5.91 Å². The van der Waals surface area contributed by atoms with Crippen molar-refractivity contribution < 1.29 is 9.59 Å². The van der Waals surface area contributed by atoms with Gasteiger partial charge in [-0.1, -0.05) is 32.0 Å². The van der Waals surface area contributed by atoms with Gasteiger partial charge in [-0.15, -0.1) is 0 Å². The molecule has 5 nitrogen and oxygen atoms in total. The first-order chi connectivity index (χ1) is 12.4. The molecule has 2 aromatic carbocycles. The van der Waals surface area contributed by atoms with Crippen LogP contribution in [0.4, 0.5) is 16.2 Å². The summed E-state index contributed by atoms with van der Waals surface area (Å²) in [5.41, 5.74) is 4.41. The Kier molecular flexibility index (Phi) is 4.98. The van der Waals surface area contributed by atoms with Gasteiger partial charge in [0.2, 0.25) is 0 Å². The topological polar surface area (TPSA) is 52.7 Å². The van der Waals surface area contributed by atoms with E-state index in [1.807, 2.05) is 31.2 Å². The second-order valence-electron chi connectivity index (χ2n) is 6.95. The molecule has 0 aliphatic carbocycles. The number of nitrogens with zero attached hydrogens (tertiary/aromatic N) is 2. The number of hydrogen-bond acceptors (Lipinski definition) is 2. The molecule has 0 radical (unpaired) electrons. The number of rotatable bonds is 4. The molecule has 1 aliphatic rings. The number of anilines is 2. The van der Waals surface area contributed by atoms with Gasteiger partial charge in [-0.05, 0) is 48.2 Å². The molecule has 0 spiro atoms. The van der Waals surface area contributed by atoms with E-state index in [2.05, 4.69) is 31.3 Å². The molecule has 2 aromatic rings. The average Bonchev–Trinajstić information content (AvgIpc) is 2.97. The molecule has 3 amide bonds. The van der Waals surface area contributed by atoms with Crippen LogP contribution in [-0.4, -0.2) is 30.4 Å². The molecular weight excluding hydrogens is 326 g/mol. The van der Waals surface area contributed by atoms with E-state index in [1.165, 1.54) is 5.56 Å². The van der Waals surface area contributed by atoms with E-state index in [0.717, 1.165) is 11.3 Å². The minimum absolute atomic E-state index is 0.0303. The highest BCUT2D eigenvalue weighted by Crippen LogP contribution is 2.31. The van der Waals surface area contributed by atoms with Crippen molar-refractivity contribution in [1.29, 1.82) is 0 Å². The van der Waals surface area contributed by atoms with Crippen molar-refractivity contribution >= 4 is 23.3 Å². The van der Waals surface area contributed by atoms with Crippen LogP contribution in [0.25, 0.3) is 0 Å². The minimum atomic E-state index is -0.181. The number of urea groups is 1. The number of fused-ring (bicyclic) bond motifs is 1. The Labute approximate surface area is 154 Å². The molecule has 136 valence electrons. The fourth-order valence-corrected chi connectivity index (χ4v) is 2.99. The van der Waals surface area contributed by atoms with Gasteiger partial charge in [-0.25, -0.2) is 4.79 Å². The Morgan fingerprint density at radius 2 is 1.88 bits per heavy atom. The summed E-state index contributed by atoms with van der Waals surface area (Å²) in [5, 5.41) is 2.83. The number of carbonyl (C=O) groups is 2. The summed E-state index contributed by atoms with van der Waals surface area (Å²) >= 11 is 0. The summed E-state index contributed by atoms with van der Waals surface area (Å²) in [4.78, 5) is 28.2. The maximum absolute atomic E-state index is 12.8. The fourth-order valence-electron chi connectivity index (χ4n) is 2.99. The Bertz CT molecular complexity index is 828. The lowest BCUT2D eigenvalue weighted by molar-refractivity contribution is 0.0996. The van der Waals surface area contributed by atoms with Gasteiger partial charge in [-0.2, -0.15) is 0 Å². The van der Waals surface area contributed by atoms with Crippen molar-refractivity contribution in [2.45, 2.75) is 33.2 Å². The Morgan fingerprint density at radius 1 is 1.19 bits per heavy atom. The van der Waals surface area contributed by atoms with E-state index in [4.69, 9.17) is 0 Å². The molecule has 1 aliphatic heterocycles. The Hall–Kier alpha value is -2.82. The van der Waals surface area contributed by atoms with Gasteiger partial charge >= 0.3 is 6.03 Å². The molecule has 0 atom stereocenters. The first-order valence-corrected chi connectivity index (χ1v) is 8.97. The molecule has 26 heavy (non-hydrogen) atoms. The van der Waals surface area contributed by atoms with Crippen molar-refractivity contribution in [1.82, 2.24) is 4.90 Å². The highest BCUT2D eigenvalue weighted by Gasteiger charge is 2.29. The predicted molar refractivity (Wildman–Crippen MR) is 105 cm³/mol. The van der Waals surface area contributed by atoms with Crippen molar-refractivity contribution in [3.63, 3.8) is 0 Å². The largest absolute Gasteiger partial charge is 0.328 e. The smallest absolute Gasteiger partial charge is 0.321 e. The van der Waals surface area contributed by atoms with Crippen LogP contribution >= 0.6 is 0 Å². The SMILES string of the molecule is CCN(C)C(=O)Nc1ccc2c(c1)C(=O)N(c1ccc(C(C)C)cc1)C2. The first kappa shape index (κ1) is 18.0. The van der Waals surface area contributed by atoms with Gasteiger partial charge in [0.05, 0.1) is 6.54 Å². The Morgan fingerprint density at radius 3 is 2.50 bits per heavy atom. The molecular formula is C21H25N3O2. The van der Waals surface area contributed by atoms with Gasteiger partial charge in [0, 0.05) is 30.5 Å². The van der Waals surface area contributed by atoms with Crippen LogP contribution in [-0.2, 0) is 6.54 Å². The highest BCUT2D eigenvalue weighted by atomic mass is 16.2. The number of amides is 3. The van der Waals surface area contributed by atoms with E-state index in [1.54, 1.807) is 22.9 Å². The van der Waals surface area contributed by atoms with Gasteiger partial charge in [0.1, 0.15) is 0 Å². The molecule has 5 heteroatoms. The molecule has 0 aromatic heterocycles. The first-order valence-electron chi connectivity index (χ1n) is 8.97. The third-order valence-corrected chi connectivity index (χ3v) is 4.86. The lowest BCUT2D eigenvalue weighted by Crippen LogP contribution is -2.31. The zero-order valence-corrected chi connectivity index (χ0v) is 15.7. The molecule has 0 saturated heterocycles. The zero-order chi connectivity index (χ0) is 18.8. The maximum atomic E-state index is 12.8. The van der Waals surface area contributed by atoms with Gasteiger partial charge in [0.15, 0.2) is 0 Å². The standard InChI is InChI=1S/C21H25N3O2/c1-5-23(4)21(26)22-17-9-6-16-13-24(20(25)19(16)12-17)18-10-7-15(8-11-18)14(2)3/h6-12,14H,5,13H2,1-4H3,(H,22,26). The number of benzene rings is 2. The summed E-state index contributed by atoms with van der Waals surface area (Å²) in [6.45, 7) is 7.39. The molecule has 3 rings (SSSR count). The predicted octanol–water partition coefficient (Wildman–Crippen LogP) is 4.45. The maximum Gasteiger partial charge on any atom is 0.321 e. The molecule has 0 bridgehead atoms. The van der Waals surface area contributed by atoms with E-state index < -0.39 is 0 Å². The third kappa shape index (κ3) is 3.43. The van der Waals surface area contributed by atoms with E-state index in [-0.39, 0.29) is 11.9 Å². The third-order valence-electron chi connectivity index (χ3n) is 4.86. The van der Waals surface area contributed by atoms with Crippen LogP contribution < -0.4 is 10.2 Å². The lowest BCUT2D eigenvalue weighted by Gasteiger charge is -2.17. The number of hydrogen-bond donors (Lipinski definition) is 1. The summed E-state index contributed by atoms with van der Waals surface area (Å²) in [5.74, 6) is 0.431. The summed E-state index contributed by atoms with van der Waals surface area (Å²) in [7, 11) is 1.73. The number of nitrogens with one attached hydrogen (secondary N) is 1.